The minimum absolute atomic E-state index is 0.107. The normalized spacial score (nSPS) is 15.6. The average molecular weight is 293 g/mol. The van der Waals surface area contributed by atoms with Gasteiger partial charge in [0.05, 0.1) is 16.8 Å². The summed E-state index contributed by atoms with van der Waals surface area (Å²) in [4.78, 5) is 18.2. The summed E-state index contributed by atoms with van der Waals surface area (Å²) in [5.74, 6) is -0.186. The summed E-state index contributed by atoms with van der Waals surface area (Å²) in [7, 11) is 0. The zero-order valence-corrected chi connectivity index (χ0v) is 11.9. The van der Waals surface area contributed by atoms with Crippen molar-refractivity contribution in [3.8, 4) is 0 Å². The number of piperidine rings is 1. The fourth-order valence-corrected chi connectivity index (χ4v) is 3.22. The van der Waals surface area contributed by atoms with Crippen LogP contribution in [-0.4, -0.2) is 35.4 Å². The van der Waals surface area contributed by atoms with E-state index in [1.807, 2.05) is 4.90 Å². The molecular formula is C14H16FN3OS. The maximum Gasteiger partial charge on any atom is 0.241 e. The predicted molar refractivity (Wildman–Crippen MR) is 78.5 cm³/mol. The van der Waals surface area contributed by atoms with Crippen molar-refractivity contribution in [2.45, 2.75) is 19.3 Å². The molecule has 1 aliphatic heterocycles. The van der Waals surface area contributed by atoms with Gasteiger partial charge in [-0.2, -0.15) is 0 Å². The lowest BCUT2D eigenvalue weighted by molar-refractivity contribution is -0.130. The van der Waals surface area contributed by atoms with Crippen molar-refractivity contribution in [3.63, 3.8) is 0 Å². The Labute approximate surface area is 120 Å². The van der Waals surface area contributed by atoms with Crippen LogP contribution in [0.3, 0.4) is 0 Å². The molecule has 0 saturated carbocycles. The molecule has 4 nitrogen and oxygen atoms in total. The summed E-state index contributed by atoms with van der Waals surface area (Å²) >= 11 is 1.43. The maximum atomic E-state index is 13.1. The standard InChI is InChI=1S/C14H16FN3OS/c15-10-4-5-12-11(8-10)17-14(20-12)16-9-13(19)18-6-2-1-3-7-18/h4-5,8H,1-3,6-7,9H2,(H,16,17). The van der Waals surface area contributed by atoms with Crippen LogP contribution in [0.5, 0.6) is 0 Å². The van der Waals surface area contributed by atoms with Crippen LogP contribution in [0, 0.1) is 5.82 Å². The van der Waals surface area contributed by atoms with E-state index in [1.165, 1.54) is 29.9 Å². The van der Waals surface area contributed by atoms with Crippen LogP contribution in [0.25, 0.3) is 10.2 Å². The fourth-order valence-electron chi connectivity index (χ4n) is 2.38. The molecule has 1 saturated heterocycles. The molecule has 0 atom stereocenters. The third-order valence-electron chi connectivity index (χ3n) is 3.45. The number of carbonyl (C=O) groups is 1. The number of nitrogens with zero attached hydrogens (tertiary/aromatic N) is 2. The number of anilines is 1. The second-order valence-corrected chi connectivity index (χ2v) is 5.96. The van der Waals surface area contributed by atoms with Gasteiger partial charge in [0.1, 0.15) is 5.82 Å². The minimum atomic E-state index is -0.293. The highest BCUT2D eigenvalue weighted by molar-refractivity contribution is 7.22. The molecule has 2 aromatic rings. The minimum Gasteiger partial charge on any atom is -0.352 e. The van der Waals surface area contributed by atoms with Gasteiger partial charge in [0.15, 0.2) is 5.13 Å². The third kappa shape index (κ3) is 2.90. The lowest BCUT2D eigenvalue weighted by Gasteiger charge is -2.26. The summed E-state index contributed by atoms with van der Waals surface area (Å²) in [6.45, 7) is 1.96. The van der Waals surface area contributed by atoms with E-state index in [0.717, 1.165) is 30.6 Å². The number of nitrogens with one attached hydrogen (secondary N) is 1. The first-order valence-electron chi connectivity index (χ1n) is 6.80. The topological polar surface area (TPSA) is 45.2 Å². The maximum absolute atomic E-state index is 13.1. The van der Waals surface area contributed by atoms with E-state index in [0.29, 0.717) is 10.6 Å². The van der Waals surface area contributed by atoms with Gasteiger partial charge in [-0.05, 0) is 31.4 Å². The van der Waals surface area contributed by atoms with Crippen molar-refractivity contribution in [1.82, 2.24) is 9.88 Å². The van der Waals surface area contributed by atoms with E-state index in [4.69, 9.17) is 0 Å². The molecule has 106 valence electrons. The van der Waals surface area contributed by atoms with E-state index in [9.17, 15) is 9.18 Å². The predicted octanol–water partition coefficient (Wildman–Crippen LogP) is 2.86. The molecule has 20 heavy (non-hydrogen) atoms. The number of hydrogen-bond acceptors (Lipinski definition) is 4. The van der Waals surface area contributed by atoms with Crippen molar-refractivity contribution >= 4 is 32.6 Å². The Hall–Kier alpha value is -1.69. The van der Waals surface area contributed by atoms with Gasteiger partial charge < -0.3 is 10.2 Å². The molecule has 1 amide bonds. The van der Waals surface area contributed by atoms with Crippen molar-refractivity contribution in [1.29, 1.82) is 0 Å². The van der Waals surface area contributed by atoms with Crippen LogP contribution >= 0.6 is 11.3 Å². The van der Waals surface area contributed by atoms with E-state index in [-0.39, 0.29) is 18.3 Å². The lowest BCUT2D eigenvalue weighted by atomic mass is 10.1. The van der Waals surface area contributed by atoms with Gasteiger partial charge in [0.25, 0.3) is 0 Å². The number of thiazole rings is 1. The van der Waals surface area contributed by atoms with Gasteiger partial charge in [-0.1, -0.05) is 11.3 Å². The molecule has 0 aliphatic carbocycles. The Morgan fingerprint density at radius 1 is 1.35 bits per heavy atom. The highest BCUT2D eigenvalue weighted by Gasteiger charge is 2.16. The summed E-state index contributed by atoms with van der Waals surface area (Å²) in [5.41, 5.74) is 0.628. The molecule has 0 bridgehead atoms. The van der Waals surface area contributed by atoms with Gasteiger partial charge in [0.2, 0.25) is 5.91 Å². The molecule has 1 aliphatic rings. The Morgan fingerprint density at radius 2 is 2.15 bits per heavy atom. The molecule has 2 heterocycles. The van der Waals surface area contributed by atoms with Crippen molar-refractivity contribution in [2.24, 2.45) is 0 Å². The second-order valence-electron chi connectivity index (χ2n) is 4.93. The number of rotatable bonds is 3. The Kier molecular flexibility index (Phi) is 3.82. The number of carbonyl (C=O) groups excluding carboxylic acids is 1. The SMILES string of the molecule is O=C(CNc1nc2cc(F)ccc2s1)N1CCCCC1. The Bertz CT molecular complexity index is 622. The van der Waals surface area contributed by atoms with Crippen molar-refractivity contribution < 1.29 is 9.18 Å². The zero-order chi connectivity index (χ0) is 13.9. The first-order chi connectivity index (χ1) is 9.72. The number of hydrogen-bond donors (Lipinski definition) is 1. The summed E-state index contributed by atoms with van der Waals surface area (Å²) in [5, 5.41) is 3.71. The van der Waals surface area contributed by atoms with Gasteiger partial charge in [-0.15, -0.1) is 0 Å². The number of amides is 1. The summed E-state index contributed by atoms with van der Waals surface area (Å²) < 4.78 is 14.0. The highest BCUT2D eigenvalue weighted by atomic mass is 32.1. The largest absolute Gasteiger partial charge is 0.352 e. The van der Waals surface area contributed by atoms with E-state index < -0.39 is 0 Å². The first-order valence-corrected chi connectivity index (χ1v) is 7.62. The number of likely N-dealkylation sites (tertiary alicyclic amines) is 1. The van der Waals surface area contributed by atoms with Crippen LogP contribution < -0.4 is 5.32 Å². The van der Waals surface area contributed by atoms with E-state index in [2.05, 4.69) is 10.3 Å². The number of fused-ring (bicyclic) bond motifs is 1. The summed E-state index contributed by atoms with van der Waals surface area (Å²) in [6.07, 6.45) is 3.39. The van der Waals surface area contributed by atoms with Crippen molar-refractivity contribution in [2.75, 3.05) is 25.0 Å². The molecule has 1 N–H and O–H groups in total. The van der Waals surface area contributed by atoms with E-state index in [1.54, 1.807) is 6.07 Å². The van der Waals surface area contributed by atoms with Gasteiger partial charge in [-0.25, -0.2) is 9.37 Å². The Morgan fingerprint density at radius 3 is 2.95 bits per heavy atom. The lowest BCUT2D eigenvalue weighted by Crippen LogP contribution is -2.39. The van der Waals surface area contributed by atoms with Gasteiger partial charge in [-0.3, -0.25) is 4.79 Å². The zero-order valence-electron chi connectivity index (χ0n) is 11.1. The molecule has 1 aromatic heterocycles. The third-order valence-corrected chi connectivity index (χ3v) is 4.44. The van der Waals surface area contributed by atoms with Crippen LogP contribution in [0.2, 0.25) is 0 Å². The van der Waals surface area contributed by atoms with Crippen LogP contribution in [0.15, 0.2) is 18.2 Å². The molecule has 6 heteroatoms. The van der Waals surface area contributed by atoms with Gasteiger partial charge in [0, 0.05) is 19.2 Å². The molecule has 0 radical (unpaired) electrons. The molecule has 1 aromatic carbocycles. The van der Waals surface area contributed by atoms with Crippen LogP contribution in [0.4, 0.5) is 9.52 Å². The smallest absolute Gasteiger partial charge is 0.241 e. The highest BCUT2D eigenvalue weighted by Crippen LogP contribution is 2.26. The molecule has 0 spiro atoms. The number of benzene rings is 1. The number of halogens is 1. The summed E-state index contributed by atoms with van der Waals surface area (Å²) in [6, 6.07) is 4.53. The first kappa shape index (κ1) is 13.3. The molecule has 0 unspecified atom stereocenters. The average Bonchev–Trinajstić information content (AvgIpc) is 2.87. The van der Waals surface area contributed by atoms with Gasteiger partial charge >= 0.3 is 0 Å². The van der Waals surface area contributed by atoms with Crippen molar-refractivity contribution in [3.05, 3.63) is 24.0 Å². The molecule has 3 rings (SSSR count). The Balaban J connectivity index is 1.63. The van der Waals surface area contributed by atoms with Crippen LogP contribution in [0.1, 0.15) is 19.3 Å². The molecular weight excluding hydrogens is 277 g/mol. The fraction of sp³-hybridized carbons (Fsp3) is 0.429. The second kappa shape index (κ2) is 5.75. The monoisotopic (exact) mass is 293 g/mol. The number of aromatic nitrogens is 1. The molecule has 1 fully saturated rings. The van der Waals surface area contributed by atoms with Crippen LogP contribution in [-0.2, 0) is 4.79 Å². The quantitative estimate of drug-likeness (QED) is 0.946. The van der Waals surface area contributed by atoms with E-state index >= 15 is 0 Å².